The van der Waals surface area contributed by atoms with Crippen LogP contribution in [-0.2, 0) is 0 Å². The quantitative estimate of drug-likeness (QED) is 0.942. The van der Waals surface area contributed by atoms with Crippen molar-refractivity contribution in [3.05, 3.63) is 35.1 Å². The van der Waals surface area contributed by atoms with Gasteiger partial charge in [-0.15, -0.1) is 11.3 Å². The van der Waals surface area contributed by atoms with Crippen LogP contribution in [0.25, 0.3) is 10.6 Å². The first-order chi connectivity index (χ1) is 9.75. The van der Waals surface area contributed by atoms with Gasteiger partial charge in [-0.3, -0.25) is 9.88 Å². The third-order valence-electron chi connectivity index (χ3n) is 3.82. The molecule has 1 saturated heterocycles. The van der Waals surface area contributed by atoms with Gasteiger partial charge >= 0.3 is 0 Å². The van der Waals surface area contributed by atoms with Gasteiger partial charge in [-0.05, 0) is 26.0 Å². The van der Waals surface area contributed by atoms with Crippen LogP contribution in [0, 0.1) is 6.92 Å². The summed E-state index contributed by atoms with van der Waals surface area (Å²) in [5.74, 6) is 0. The Balaban J connectivity index is 1.85. The zero-order valence-electron chi connectivity index (χ0n) is 12.0. The van der Waals surface area contributed by atoms with E-state index in [1.54, 1.807) is 17.5 Å². The van der Waals surface area contributed by atoms with Gasteiger partial charge in [-0.1, -0.05) is 0 Å². The molecule has 20 heavy (non-hydrogen) atoms. The van der Waals surface area contributed by atoms with E-state index >= 15 is 0 Å². The molecule has 0 spiro atoms. The van der Waals surface area contributed by atoms with Crippen LogP contribution in [0.3, 0.4) is 0 Å². The first kappa shape index (κ1) is 13.7. The highest BCUT2D eigenvalue weighted by atomic mass is 32.1. The van der Waals surface area contributed by atoms with Crippen molar-refractivity contribution >= 4 is 11.3 Å². The van der Waals surface area contributed by atoms with Gasteiger partial charge in [0.1, 0.15) is 5.01 Å². The molecule has 1 atom stereocenters. The fourth-order valence-corrected chi connectivity index (χ4v) is 3.79. The molecular formula is C15H20N4S. The summed E-state index contributed by atoms with van der Waals surface area (Å²) in [6.45, 7) is 8.79. The fraction of sp³-hybridized carbons (Fsp3) is 0.467. The van der Waals surface area contributed by atoms with Gasteiger partial charge in [-0.25, -0.2) is 4.98 Å². The van der Waals surface area contributed by atoms with Crippen LogP contribution in [0.4, 0.5) is 0 Å². The van der Waals surface area contributed by atoms with Gasteiger partial charge in [0, 0.05) is 55.1 Å². The van der Waals surface area contributed by atoms with Crippen LogP contribution < -0.4 is 5.32 Å². The number of pyridine rings is 1. The first-order valence-electron chi connectivity index (χ1n) is 7.08. The fourth-order valence-electron chi connectivity index (χ4n) is 2.64. The zero-order chi connectivity index (χ0) is 13.9. The highest BCUT2D eigenvalue weighted by Crippen LogP contribution is 2.33. The number of piperazine rings is 1. The maximum absolute atomic E-state index is 4.73. The monoisotopic (exact) mass is 288 g/mol. The van der Waals surface area contributed by atoms with Crippen LogP contribution in [0.5, 0.6) is 0 Å². The van der Waals surface area contributed by atoms with Gasteiger partial charge in [0.05, 0.1) is 5.69 Å². The molecule has 106 valence electrons. The average Bonchev–Trinajstić information content (AvgIpc) is 2.90. The lowest BCUT2D eigenvalue weighted by molar-refractivity contribution is 0.187. The van der Waals surface area contributed by atoms with Crippen LogP contribution >= 0.6 is 11.3 Å². The van der Waals surface area contributed by atoms with E-state index in [0.29, 0.717) is 6.04 Å². The Hall–Kier alpha value is -1.30. The predicted molar refractivity (Wildman–Crippen MR) is 82.9 cm³/mol. The van der Waals surface area contributed by atoms with E-state index in [-0.39, 0.29) is 0 Å². The second-order valence-corrected chi connectivity index (χ2v) is 6.20. The van der Waals surface area contributed by atoms with Gasteiger partial charge in [0.15, 0.2) is 0 Å². The lowest BCUT2D eigenvalue weighted by atomic mass is 10.2. The third kappa shape index (κ3) is 2.75. The molecular weight excluding hydrogens is 268 g/mol. The molecule has 0 unspecified atom stereocenters. The number of aromatic nitrogens is 2. The minimum Gasteiger partial charge on any atom is -0.314 e. The second kappa shape index (κ2) is 5.99. The molecule has 0 radical (unpaired) electrons. The van der Waals surface area contributed by atoms with Crippen LogP contribution in [0.15, 0.2) is 24.5 Å². The van der Waals surface area contributed by atoms with Gasteiger partial charge in [0.2, 0.25) is 0 Å². The summed E-state index contributed by atoms with van der Waals surface area (Å²) in [6.07, 6.45) is 3.69. The van der Waals surface area contributed by atoms with E-state index in [0.717, 1.165) is 42.4 Å². The lowest BCUT2D eigenvalue weighted by Crippen LogP contribution is -2.44. The van der Waals surface area contributed by atoms with Crippen molar-refractivity contribution in [2.75, 3.05) is 26.2 Å². The molecule has 3 rings (SSSR count). The number of nitrogens with one attached hydrogen (secondary N) is 1. The highest BCUT2D eigenvalue weighted by Gasteiger charge is 2.22. The topological polar surface area (TPSA) is 41.1 Å². The number of rotatable bonds is 3. The molecule has 2 aromatic heterocycles. The largest absolute Gasteiger partial charge is 0.314 e. The summed E-state index contributed by atoms with van der Waals surface area (Å²) in [4.78, 5) is 12.8. The first-order valence-corrected chi connectivity index (χ1v) is 7.90. The van der Waals surface area contributed by atoms with E-state index < -0.39 is 0 Å². The molecule has 4 nitrogen and oxygen atoms in total. The van der Waals surface area contributed by atoms with Crippen LogP contribution in [-0.4, -0.2) is 41.0 Å². The summed E-state index contributed by atoms with van der Waals surface area (Å²) < 4.78 is 0. The van der Waals surface area contributed by atoms with Crippen LogP contribution in [0.2, 0.25) is 0 Å². The average molecular weight is 288 g/mol. The van der Waals surface area contributed by atoms with Crippen molar-refractivity contribution in [3.63, 3.8) is 0 Å². The molecule has 1 aliphatic rings. The smallest absolute Gasteiger partial charge is 0.125 e. The molecule has 1 aliphatic heterocycles. The summed E-state index contributed by atoms with van der Waals surface area (Å²) in [6, 6.07) is 4.48. The van der Waals surface area contributed by atoms with E-state index in [9.17, 15) is 0 Å². The molecule has 5 heteroatoms. The zero-order valence-corrected chi connectivity index (χ0v) is 12.8. The Morgan fingerprint density at radius 2 is 2.15 bits per heavy atom. The van der Waals surface area contributed by atoms with Crippen molar-refractivity contribution < 1.29 is 0 Å². The molecule has 0 amide bonds. The highest BCUT2D eigenvalue weighted by molar-refractivity contribution is 7.15. The molecule has 3 heterocycles. The normalized spacial score (nSPS) is 18.1. The Labute approximate surface area is 123 Å². The maximum Gasteiger partial charge on any atom is 0.125 e. The number of hydrogen-bond donors (Lipinski definition) is 1. The molecule has 1 fully saturated rings. The van der Waals surface area contributed by atoms with Crippen molar-refractivity contribution in [1.29, 1.82) is 0 Å². The number of aryl methyl sites for hydroxylation is 1. The van der Waals surface area contributed by atoms with Crippen molar-refractivity contribution in [2.24, 2.45) is 0 Å². The molecule has 0 aliphatic carbocycles. The van der Waals surface area contributed by atoms with E-state index in [1.165, 1.54) is 4.88 Å². The van der Waals surface area contributed by atoms with Gasteiger partial charge < -0.3 is 5.32 Å². The molecule has 1 N–H and O–H groups in total. The Bertz CT molecular complexity index is 561. The van der Waals surface area contributed by atoms with E-state index in [4.69, 9.17) is 4.98 Å². The van der Waals surface area contributed by atoms with Crippen molar-refractivity contribution in [2.45, 2.75) is 19.9 Å². The molecule has 0 bridgehead atoms. The molecule has 2 aromatic rings. The van der Waals surface area contributed by atoms with E-state index in [1.807, 2.05) is 12.3 Å². The standard InChI is InChI=1S/C15H20N4S/c1-11-14(12(2)19-8-6-16-7-9-19)20-15(18-11)13-4-3-5-17-10-13/h3-5,10,12,16H,6-9H2,1-2H3/t12-/m1/s1. The summed E-state index contributed by atoms with van der Waals surface area (Å²) in [7, 11) is 0. The second-order valence-electron chi connectivity index (χ2n) is 5.17. The minimum atomic E-state index is 0.444. The molecule has 0 aromatic carbocycles. The van der Waals surface area contributed by atoms with Gasteiger partial charge in [-0.2, -0.15) is 0 Å². The lowest BCUT2D eigenvalue weighted by Gasteiger charge is -2.32. The van der Waals surface area contributed by atoms with Crippen molar-refractivity contribution in [3.8, 4) is 10.6 Å². The summed E-state index contributed by atoms with van der Waals surface area (Å²) >= 11 is 1.80. The van der Waals surface area contributed by atoms with E-state index in [2.05, 4.69) is 35.1 Å². The Morgan fingerprint density at radius 1 is 1.35 bits per heavy atom. The maximum atomic E-state index is 4.73. The number of hydrogen-bond acceptors (Lipinski definition) is 5. The Morgan fingerprint density at radius 3 is 2.85 bits per heavy atom. The SMILES string of the molecule is Cc1nc(-c2cccnc2)sc1[C@@H](C)N1CCNCC1. The summed E-state index contributed by atoms with van der Waals surface area (Å²) in [5, 5.41) is 4.48. The number of thiazole rings is 1. The van der Waals surface area contributed by atoms with Gasteiger partial charge in [0.25, 0.3) is 0 Å². The Kier molecular flexibility index (Phi) is 4.10. The predicted octanol–water partition coefficient (Wildman–Crippen LogP) is 2.48. The van der Waals surface area contributed by atoms with Crippen LogP contribution in [0.1, 0.15) is 23.5 Å². The number of nitrogens with zero attached hydrogens (tertiary/aromatic N) is 3. The minimum absolute atomic E-state index is 0.444. The third-order valence-corrected chi connectivity index (χ3v) is 5.20. The van der Waals surface area contributed by atoms with Crippen molar-refractivity contribution in [1.82, 2.24) is 20.2 Å². The molecule has 0 saturated carbocycles. The summed E-state index contributed by atoms with van der Waals surface area (Å²) in [5.41, 5.74) is 2.26.